The third-order valence-electron chi connectivity index (χ3n) is 10.8. The van der Waals surface area contributed by atoms with Gasteiger partial charge < -0.3 is 5.73 Å². The third-order valence-corrected chi connectivity index (χ3v) is 10.8. The zero-order chi connectivity index (χ0) is 42.9. The van der Waals surface area contributed by atoms with Crippen molar-refractivity contribution in [3.63, 3.8) is 0 Å². The van der Waals surface area contributed by atoms with Crippen molar-refractivity contribution in [2.75, 3.05) is 6.54 Å². The summed E-state index contributed by atoms with van der Waals surface area (Å²) in [5, 5.41) is 1.81. The average Bonchev–Trinajstić information content (AvgIpc) is 3.36. The van der Waals surface area contributed by atoms with E-state index >= 15 is 0 Å². The van der Waals surface area contributed by atoms with Gasteiger partial charge in [-0.25, -0.2) is 0 Å². The maximum absolute atomic E-state index is 14.3. The molecule has 0 amide bonds. The molecule has 1 atom stereocenters. The largest absolute Gasteiger partial charge is 0.416 e. The standard InChI is InChI=1S/C46H30F12N2/c47-43(48,49)30-14-28(15-31(20-30)44(50,51)52)36-18-26-10-4-6-12-34(26)41-38(36)22-60(24-40(59)25-8-2-1-3-9-25)23-39-37(19-27-11-5-7-13-35(27)42(39)41)29-16-32(45(53,54)55)21-33(17-29)46(56,57)58/h1-21,40H,22-24,59H2/t40-/m1/s1. The normalized spacial score (nSPS) is 14.6. The number of benzene rings is 7. The van der Waals surface area contributed by atoms with Crippen LogP contribution in [0.3, 0.4) is 0 Å². The molecular formula is C46H30F12N2. The fraction of sp³-hybridized carbons (Fsp3) is 0.174. The lowest BCUT2D eigenvalue weighted by atomic mass is 9.81. The van der Waals surface area contributed by atoms with Crippen molar-refractivity contribution in [1.82, 2.24) is 4.90 Å². The molecule has 308 valence electrons. The second kappa shape index (κ2) is 14.7. The maximum Gasteiger partial charge on any atom is 0.416 e. The van der Waals surface area contributed by atoms with Crippen molar-refractivity contribution >= 4 is 21.5 Å². The van der Waals surface area contributed by atoms with Gasteiger partial charge in [-0.2, -0.15) is 52.7 Å². The first-order chi connectivity index (χ1) is 28.2. The number of nitrogens with zero attached hydrogens (tertiary/aromatic N) is 1. The highest BCUT2D eigenvalue weighted by Crippen LogP contribution is 2.50. The molecule has 2 N–H and O–H groups in total. The van der Waals surface area contributed by atoms with Gasteiger partial charge in [0.25, 0.3) is 0 Å². The van der Waals surface area contributed by atoms with Gasteiger partial charge >= 0.3 is 24.7 Å². The summed E-state index contributed by atoms with van der Waals surface area (Å²) in [6, 6.07) is 26.9. The fourth-order valence-electron chi connectivity index (χ4n) is 8.13. The Bertz CT molecular complexity index is 2530. The van der Waals surface area contributed by atoms with Gasteiger partial charge in [0.1, 0.15) is 0 Å². The first kappa shape index (κ1) is 40.9. The van der Waals surface area contributed by atoms with Crippen LogP contribution in [0.4, 0.5) is 52.7 Å². The van der Waals surface area contributed by atoms with E-state index in [4.69, 9.17) is 5.73 Å². The SMILES string of the molecule is N[C@H](CN1Cc2c(-c3cc(C(F)(F)F)cc(C(F)(F)F)c3)cc3ccccc3c2-c2c(c(-c3cc(C(F)(F)F)cc(C(F)(F)F)c3)cc3ccccc23)C1)c1ccccc1. The lowest BCUT2D eigenvalue weighted by molar-refractivity contribution is -0.144. The zero-order valence-corrected chi connectivity index (χ0v) is 30.9. The minimum absolute atomic E-state index is 0.00815. The number of hydrogen-bond donors (Lipinski definition) is 1. The van der Waals surface area contributed by atoms with E-state index in [-0.39, 0.29) is 54.0 Å². The molecule has 60 heavy (non-hydrogen) atoms. The van der Waals surface area contributed by atoms with Gasteiger partial charge in [0, 0.05) is 25.7 Å². The Kier molecular flexibility index (Phi) is 10.0. The Labute approximate surface area is 334 Å². The maximum atomic E-state index is 14.3. The van der Waals surface area contributed by atoms with E-state index in [1.54, 1.807) is 83.8 Å². The lowest BCUT2D eigenvalue weighted by Crippen LogP contribution is -2.31. The van der Waals surface area contributed by atoms with E-state index in [0.717, 1.165) is 0 Å². The number of alkyl halides is 12. The highest BCUT2D eigenvalue weighted by atomic mass is 19.4. The van der Waals surface area contributed by atoms with E-state index in [1.165, 1.54) is 12.1 Å². The monoisotopic (exact) mass is 838 g/mol. The lowest BCUT2D eigenvalue weighted by Gasteiger charge is -2.27. The van der Waals surface area contributed by atoms with Crippen molar-refractivity contribution in [3.8, 4) is 33.4 Å². The smallest absolute Gasteiger partial charge is 0.323 e. The summed E-state index contributed by atoms with van der Waals surface area (Å²) < 4.78 is 172. The molecule has 1 aliphatic rings. The van der Waals surface area contributed by atoms with Crippen molar-refractivity contribution < 1.29 is 52.7 Å². The summed E-state index contributed by atoms with van der Waals surface area (Å²) in [5.41, 5.74) is 1.72. The Morgan fingerprint density at radius 3 is 1.17 bits per heavy atom. The van der Waals surface area contributed by atoms with Crippen LogP contribution >= 0.6 is 0 Å². The van der Waals surface area contributed by atoms with Crippen LogP contribution < -0.4 is 5.73 Å². The fourth-order valence-corrected chi connectivity index (χ4v) is 8.13. The van der Waals surface area contributed by atoms with Crippen LogP contribution in [-0.2, 0) is 37.8 Å². The number of hydrogen-bond acceptors (Lipinski definition) is 2. The number of halogens is 12. The van der Waals surface area contributed by atoms with E-state index in [1.807, 2.05) is 0 Å². The summed E-state index contributed by atoms with van der Waals surface area (Å²) >= 11 is 0. The Morgan fingerprint density at radius 2 is 0.800 bits per heavy atom. The summed E-state index contributed by atoms with van der Waals surface area (Å²) in [7, 11) is 0. The topological polar surface area (TPSA) is 29.3 Å². The highest BCUT2D eigenvalue weighted by molar-refractivity contribution is 6.12. The van der Waals surface area contributed by atoms with Crippen LogP contribution in [0.1, 0.15) is 45.0 Å². The summed E-state index contributed by atoms with van der Waals surface area (Å²) in [5.74, 6) is 0. The number of fused-ring (bicyclic) bond motifs is 7. The molecule has 1 heterocycles. The van der Waals surface area contributed by atoms with E-state index in [2.05, 4.69) is 0 Å². The van der Waals surface area contributed by atoms with E-state index in [9.17, 15) is 52.7 Å². The molecular weight excluding hydrogens is 808 g/mol. The minimum atomic E-state index is -5.17. The summed E-state index contributed by atoms with van der Waals surface area (Å²) in [4.78, 5) is 1.76. The Balaban J connectivity index is 1.52. The van der Waals surface area contributed by atoms with Gasteiger partial charge in [-0.1, -0.05) is 78.9 Å². The molecule has 0 aliphatic carbocycles. The van der Waals surface area contributed by atoms with Crippen LogP contribution in [0.15, 0.2) is 127 Å². The summed E-state index contributed by atoms with van der Waals surface area (Å²) in [6.45, 7) is -0.285. The third kappa shape index (κ3) is 7.81. The van der Waals surface area contributed by atoms with Gasteiger partial charge in [-0.3, -0.25) is 4.90 Å². The average molecular weight is 839 g/mol. The predicted octanol–water partition coefficient (Wildman–Crippen LogP) is 14.1. The molecule has 2 nitrogen and oxygen atoms in total. The van der Waals surface area contributed by atoms with Crippen LogP contribution in [0.25, 0.3) is 54.9 Å². The van der Waals surface area contributed by atoms with Crippen molar-refractivity contribution in [2.24, 2.45) is 5.73 Å². The van der Waals surface area contributed by atoms with Crippen molar-refractivity contribution in [2.45, 2.75) is 43.8 Å². The summed E-state index contributed by atoms with van der Waals surface area (Å²) in [6.07, 6.45) is -20.7. The molecule has 0 spiro atoms. The van der Waals surface area contributed by atoms with Gasteiger partial charge in [0.05, 0.1) is 22.3 Å². The molecule has 14 heteroatoms. The van der Waals surface area contributed by atoms with E-state index < -0.39 is 64.1 Å². The zero-order valence-electron chi connectivity index (χ0n) is 30.9. The van der Waals surface area contributed by atoms with Crippen molar-refractivity contribution in [3.05, 3.63) is 166 Å². The molecule has 7 aromatic carbocycles. The first-order valence-corrected chi connectivity index (χ1v) is 18.4. The molecule has 0 unspecified atom stereocenters. The second-order valence-corrected chi connectivity index (χ2v) is 14.8. The molecule has 0 saturated heterocycles. The molecule has 0 bridgehead atoms. The Hall–Kier alpha value is -5.86. The van der Waals surface area contributed by atoms with Crippen LogP contribution in [0.5, 0.6) is 0 Å². The van der Waals surface area contributed by atoms with Crippen LogP contribution in [0.2, 0.25) is 0 Å². The molecule has 0 saturated carbocycles. The van der Waals surface area contributed by atoms with Gasteiger partial charge in [-0.05, 0) is 120 Å². The Morgan fingerprint density at radius 1 is 0.450 bits per heavy atom. The van der Waals surface area contributed by atoms with Gasteiger partial charge in [-0.15, -0.1) is 0 Å². The minimum Gasteiger partial charge on any atom is -0.323 e. The molecule has 1 aliphatic heterocycles. The molecule has 7 aromatic rings. The van der Waals surface area contributed by atoms with Gasteiger partial charge in [0.15, 0.2) is 0 Å². The highest BCUT2D eigenvalue weighted by Gasteiger charge is 2.40. The van der Waals surface area contributed by atoms with E-state index in [0.29, 0.717) is 62.5 Å². The van der Waals surface area contributed by atoms with Crippen LogP contribution in [-0.4, -0.2) is 11.4 Å². The predicted molar refractivity (Wildman–Crippen MR) is 205 cm³/mol. The molecule has 0 aromatic heterocycles. The number of nitrogens with two attached hydrogens (primary N) is 1. The van der Waals surface area contributed by atoms with Gasteiger partial charge in [0.2, 0.25) is 0 Å². The number of rotatable bonds is 5. The van der Waals surface area contributed by atoms with Crippen LogP contribution in [0, 0.1) is 0 Å². The second-order valence-electron chi connectivity index (χ2n) is 14.8. The molecule has 0 radical (unpaired) electrons. The first-order valence-electron chi connectivity index (χ1n) is 18.4. The van der Waals surface area contributed by atoms with Crippen molar-refractivity contribution in [1.29, 1.82) is 0 Å². The quantitative estimate of drug-likeness (QED) is 0.175. The molecule has 8 rings (SSSR count). The molecule has 0 fully saturated rings.